The number of allylic oxidation sites excluding steroid dienone is 1. The van der Waals surface area contributed by atoms with Crippen LogP contribution in [0.2, 0.25) is 0 Å². The lowest BCUT2D eigenvalue weighted by atomic mass is 9.82. The lowest BCUT2D eigenvalue weighted by molar-refractivity contribution is 0.426. The van der Waals surface area contributed by atoms with Gasteiger partial charge >= 0.3 is 0 Å². The van der Waals surface area contributed by atoms with Crippen molar-refractivity contribution in [3.05, 3.63) is 42.0 Å². The summed E-state index contributed by atoms with van der Waals surface area (Å²) in [6.45, 7) is 0. The van der Waals surface area contributed by atoms with E-state index < -0.39 is 0 Å². The lowest BCUT2D eigenvalue weighted by Gasteiger charge is -2.30. The molecule has 1 saturated carbocycles. The SMILES string of the molecule is CN[C@@H]1C(c2ccccc2)=CC2CCC1C2. The van der Waals surface area contributed by atoms with Gasteiger partial charge in [0.25, 0.3) is 0 Å². The van der Waals surface area contributed by atoms with Crippen LogP contribution in [-0.4, -0.2) is 13.1 Å². The van der Waals surface area contributed by atoms with E-state index in [1.807, 2.05) is 0 Å². The summed E-state index contributed by atoms with van der Waals surface area (Å²) in [6.07, 6.45) is 6.68. The van der Waals surface area contributed by atoms with E-state index in [0.717, 1.165) is 11.8 Å². The highest BCUT2D eigenvalue weighted by molar-refractivity contribution is 5.71. The van der Waals surface area contributed by atoms with Crippen molar-refractivity contribution in [1.29, 1.82) is 0 Å². The largest absolute Gasteiger partial charge is 0.313 e. The van der Waals surface area contributed by atoms with Crippen LogP contribution in [0.1, 0.15) is 24.8 Å². The van der Waals surface area contributed by atoms with Gasteiger partial charge in [-0.3, -0.25) is 0 Å². The Kier molecular flexibility index (Phi) is 2.56. The average Bonchev–Trinajstić information content (AvgIpc) is 2.73. The highest BCUT2D eigenvalue weighted by atomic mass is 14.9. The molecule has 1 nitrogen and oxygen atoms in total. The smallest absolute Gasteiger partial charge is 0.0349 e. The first-order valence-electron chi connectivity index (χ1n) is 6.33. The maximum absolute atomic E-state index is 3.51. The minimum absolute atomic E-state index is 0.571. The number of fused-ring (bicyclic) bond motifs is 2. The molecule has 16 heavy (non-hydrogen) atoms. The summed E-state index contributed by atoms with van der Waals surface area (Å²) in [7, 11) is 2.10. The summed E-state index contributed by atoms with van der Waals surface area (Å²) in [6, 6.07) is 11.4. The summed E-state index contributed by atoms with van der Waals surface area (Å²) in [5.41, 5.74) is 2.93. The van der Waals surface area contributed by atoms with Gasteiger partial charge in [-0.25, -0.2) is 0 Å². The van der Waals surface area contributed by atoms with E-state index in [0.29, 0.717) is 6.04 Å². The van der Waals surface area contributed by atoms with E-state index in [4.69, 9.17) is 0 Å². The minimum Gasteiger partial charge on any atom is -0.313 e. The van der Waals surface area contributed by atoms with E-state index in [1.165, 1.54) is 30.4 Å². The molecule has 1 aromatic rings. The Morgan fingerprint density at radius 1 is 1.12 bits per heavy atom. The summed E-state index contributed by atoms with van der Waals surface area (Å²) in [5.74, 6) is 1.69. The molecule has 1 fully saturated rings. The van der Waals surface area contributed by atoms with Crippen LogP contribution in [-0.2, 0) is 0 Å². The summed E-state index contributed by atoms with van der Waals surface area (Å²) in [4.78, 5) is 0. The first-order chi connectivity index (χ1) is 7.88. The molecule has 0 spiro atoms. The van der Waals surface area contributed by atoms with Gasteiger partial charge in [0.05, 0.1) is 0 Å². The molecular weight excluding hydrogens is 194 g/mol. The molecule has 1 aromatic carbocycles. The zero-order chi connectivity index (χ0) is 11.0. The van der Waals surface area contributed by atoms with Gasteiger partial charge in [0.1, 0.15) is 0 Å². The van der Waals surface area contributed by atoms with Crippen LogP contribution in [0.4, 0.5) is 0 Å². The Balaban J connectivity index is 1.99. The van der Waals surface area contributed by atoms with Crippen molar-refractivity contribution in [2.75, 3.05) is 7.05 Å². The zero-order valence-electron chi connectivity index (χ0n) is 9.82. The van der Waals surface area contributed by atoms with Gasteiger partial charge in [0.15, 0.2) is 0 Å². The van der Waals surface area contributed by atoms with Gasteiger partial charge in [-0.2, -0.15) is 0 Å². The fraction of sp³-hybridized carbons (Fsp3) is 0.467. The van der Waals surface area contributed by atoms with Crippen molar-refractivity contribution in [2.24, 2.45) is 11.8 Å². The quantitative estimate of drug-likeness (QED) is 0.796. The Morgan fingerprint density at radius 3 is 2.69 bits per heavy atom. The Hall–Kier alpha value is -1.08. The van der Waals surface area contributed by atoms with Crippen LogP contribution in [0.5, 0.6) is 0 Å². The van der Waals surface area contributed by atoms with Crippen molar-refractivity contribution in [3.63, 3.8) is 0 Å². The molecule has 0 aromatic heterocycles. The molecule has 3 atom stereocenters. The number of benzene rings is 1. The topological polar surface area (TPSA) is 12.0 Å². The highest BCUT2D eigenvalue weighted by Crippen LogP contribution is 2.43. The lowest BCUT2D eigenvalue weighted by Crippen LogP contribution is -2.35. The third kappa shape index (κ3) is 1.60. The van der Waals surface area contributed by atoms with Crippen molar-refractivity contribution in [1.82, 2.24) is 5.32 Å². The maximum Gasteiger partial charge on any atom is 0.0349 e. The van der Waals surface area contributed by atoms with Crippen LogP contribution in [0, 0.1) is 11.8 Å². The number of likely N-dealkylation sites (N-methyl/N-ethyl adjacent to an activating group) is 1. The number of hydrogen-bond acceptors (Lipinski definition) is 1. The van der Waals surface area contributed by atoms with Crippen LogP contribution < -0.4 is 5.32 Å². The summed E-state index contributed by atoms with van der Waals surface area (Å²) in [5, 5.41) is 3.51. The van der Waals surface area contributed by atoms with Crippen molar-refractivity contribution in [2.45, 2.75) is 25.3 Å². The fourth-order valence-corrected chi connectivity index (χ4v) is 3.42. The molecule has 0 radical (unpaired) electrons. The molecule has 2 aliphatic rings. The average molecular weight is 213 g/mol. The molecule has 3 rings (SSSR count). The first kappa shape index (κ1) is 10.1. The third-order valence-electron chi connectivity index (χ3n) is 4.15. The number of nitrogens with one attached hydrogen (secondary N) is 1. The predicted octanol–water partition coefficient (Wildman–Crippen LogP) is 3.09. The van der Waals surface area contributed by atoms with Gasteiger partial charge in [-0.1, -0.05) is 36.4 Å². The summed E-state index contributed by atoms with van der Waals surface area (Å²) < 4.78 is 0. The van der Waals surface area contributed by atoms with Crippen LogP contribution >= 0.6 is 0 Å². The molecule has 0 aliphatic heterocycles. The Labute approximate surface area is 97.6 Å². The molecular formula is C15H19N. The summed E-state index contributed by atoms with van der Waals surface area (Å²) >= 11 is 0. The van der Waals surface area contributed by atoms with E-state index in [9.17, 15) is 0 Å². The second-order valence-corrected chi connectivity index (χ2v) is 5.09. The zero-order valence-corrected chi connectivity index (χ0v) is 9.82. The number of rotatable bonds is 2. The fourth-order valence-electron chi connectivity index (χ4n) is 3.42. The van der Waals surface area contributed by atoms with E-state index in [-0.39, 0.29) is 0 Å². The molecule has 2 unspecified atom stereocenters. The molecule has 0 heterocycles. The van der Waals surface area contributed by atoms with E-state index in [1.54, 1.807) is 0 Å². The molecule has 1 heteroatoms. The standard InChI is InChI=1S/C15H19N/c1-16-15-13-8-7-11(9-13)10-14(15)12-5-3-2-4-6-12/h2-6,10-11,13,15-16H,7-9H2,1H3/t11?,13?,15-/m0/s1. The van der Waals surface area contributed by atoms with Crippen LogP contribution in [0.25, 0.3) is 5.57 Å². The molecule has 2 bridgehead atoms. The first-order valence-corrected chi connectivity index (χ1v) is 6.33. The van der Waals surface area contributed by atoms with Crippen LogP contribution in [0.3, 0.4) is 0 Å². The van der Waals surface area contributed by atoms with Crippen molar-refractivity contribution in [3.8, 4) is 0 Å². The van der Waals surface area contributed by atoms with E-state index in [2.05, 4.69) is 48.8 Å². The van der Waals surface area contributed by atoms with Crippen molar-refractivity contribution >= 4 is 5.57 Å². The molecule has 0 amide bonds. The van der Waals surface area contributed by atoms with Gasteiger partial charge in [-0.15, -0.1) is 0 Å². The highest BCUT2D eigenvalue weighted by Gasteiger charge is 2.36. The predicted molar refractivity (Wildman–Crippen MR) is 68.1 cm³/mol. The van der Waals surface area contributed by atoms with Gasteiger partial charge in [-0.05, 0) is 49.3 Å². The minimum atomic E-state index is 0.571. The second kappa shape index (κ2) is 4.06. The molecule has 2 aliphatic carbocycles. The molecule has 1 N–H and O–H groups in total. The second-order valence-electron chi connectivity index (χ2n) is 5.09. The number of hydrogen-bond donors (Lipinski definition) is 1. The third-order valence-corrected chi connectivity index (χ3v) is 4.15. The van der Waals surface area contributed by atoms with Gasteiger partial charge in [0, 0.05) is 6.04 Å². The monoisotopic (exact) mass is 213 g/mol. The van der Waals surface area contributed by atoms with Gasteiger partial charge < -0.3 is 5.32 Å². The van der Waals surface area contributed by atoms with Crippen LogP contribution in [0.15, 0.2) is 36.4 Å². The Morgan fingerprint density at radius 2 is 1.94 bits per heavy atom. The van der Waals surface area contributed by atoms with Gasteiger partial charge in [0.2, 0.25) is 0 Å². The Bertz CT molecular complexity index is 393. The van der Waals surface area contributed by atoms with E-state index >= 15 is 0 Å². The normalized spacial score (nSPS) is 32.6. The molecule has 0 saturated heterocycles. The molecule has 84 valence electrons. The van der Waals surface area contributed by atoms with Crippen molar-refractivity contribution < 1.29 is 0 Å². The maximum atomic E-state index is 3.51.